The highest BCUT2D eigenvalue weighted by atomic mass is 16.3. The summed E-state index contributed by atoms with van der Waals surface area (Å²) in [5, 5.41) is 12.2. The summed E-state index contributed by atoms with van der Waals surface area (Å²) in [5.74, 6) is 0.497. The van der Waals surface area contributed by atoms with Gasteiger partial charge >= 0.3 is 0 Å². The lowest BCUT2D eigenvalue weighted by atomic mass is 9.86. The van der Waals surface area contributed by atoms with E-state index >= 15 is 0 Å². The Morgan fingerprint density at radius 2 is 2.10 bits per heavy atom. The van der Waals surface area contributed by atoms with Crippen molar-refractivity contribution in [2.24, 2.45) is 5.92 Å². The molecule has 5 nitrogen and oxygen atoms in total. The summed E-state index contributed by atoms with van der Waals surface area (Å²) < 4.78 is 0. The molecule has 2 rings (SSSR count). The van der Waals surface area contributed by atoms with Crippen molar-refractivity contribution in [3.8, 4) is 0 Å². The van der Waals surface area contributed by atoms with Crippen LogP contribution in [0.15, 0.2) is 0 Å². The van der Waals surface area contributed by atoms with Gasteiger partial charge in [0.2, 0.25) is 11.8 Å². The predicted molar refractivity (Wildman–Crippen MR) is 76.0 cm³/mol. The topological polar surface area (TPSA) is 69.6 Å². The molecule has 1 unspecified atom stereocenters. The minimum Gasteiger partial charge on any atom is -0.396 e. The van der Waals surface area contributed by atoms with Gasteiger partial charge in [0.1, 0.15) is 6.04 Å². The molecule has 1 aliphatic heterocycles. The van der Waals surface area contributed by atoms with E-state index in [1.165, 1.54) is 0 Å². The van der Waals surface area contributed by atoms with Crippen molar-refractivity contribution in [3.63, 3.8) is 0 Å². The summed E-state index contributed by atoms with van der Waals surface area (Å²) in [4.78, 5) is 25.9. The molecule has 0 bridgehead atoms. The van der Waals surface area contributed by atoms with Crippen LogP contribution in [0.3, 0.4) is 0 Å². The van der Waals surface area contributed by atoms with Gasteiger partial charge in [-0.15, -0.1) is 0 Å². The monoisotopic (exact) mass is 282 g/mol. The molecule has 114 valence electrons. The molecule has 0 aromatic carbocycles. The van der Waals surface area contributed by atoms with Crippen molar-refractivity contribution < 1.29 is 14.7 Å². The van der Waals surface area contributed by atoms with Gasteiger partial charge in [0, 0.05) is 25.6 Å². The maximum absolute atomic E-state index is 12.4. The number of amides is 2. The molecule has 2 aliphatic rings. The average Bonchev–Trinajstić information content (AvgIpc) is 2.87. The smallest absolute Gasteiger partial charge is 0.243 e. The summed E-state index contributed by atoms with van der Waals surface area (Å²) in [6.45, 7) is 2.92. The van der Waals surface area contributed by atoms with Crippen LogP contribution in [0.5, 0.6) is 0 Å². The van der Waals surface area contributed by atoms with Crippen molar-refractivity contribution in [1.29, 1.82) is 0 Å². The first-order valence-corrected chi connectivity index (χ1v) is 7.86. The van der Waals surface area contributed by atoms with Crippen molar-refractivity contribution in [2.75, 3.05) is 13.2 Å². The number of nitrogens with zero attached hydrogens (tertiary/aromatic N) is 1. The molecule has 1 aliphatic carbocycles. The van der Waals surface area contributed by atoms with Crippen molar-refractivity contribution in [3.05, 3.63) is 0 Å². The van der Waals surface area contributed by atoms with Crippen LogP contribution >= 0.6 is 0 Å². The summed E-state index contributed by atoms with van der Waals surface area (Å²) in [7, 11) is 0. The van der Waals surface area contributed by atoms with Gasteiger partial charge in [-0.25, -0.2) is 0 Å². The third-order valence-corrected chi connectivity index (χ3v) is 4.63. The molecular formula is C15H26N2O3. The Bertz CT molecular complexity index is 351. The maximum atomic E-state index is 12.4. The van der Waals surface area contributed by atoms with Crippen molar-refractivity contribution in [2.45, 2.75) is 64.0 Å². The van der Waals surface area contributed by atoms with Gasteiger partial charge in [-0.2, -0.15) is 0 Å². The van der Waals surface area contributed by atoms with Crippen molar-refractivity contribution in [1.82, 2.24) is 10.2 Å². The highest BCUT2D eigenvalue weighted by Gasteiger charge is 2.32. The molecule has 1 heterocycles. The van der Waals surface area contributed by atoms with Gasteiger partial charge in [0.15, 0.2) is 0 Å². The molecule has 1 saturated carbocycles. The Kier molecular flexibility index (Phi) is 5.40. The van der Waals surface area contributed by atoms with Crippen LogP contribution in [-0.4, -0.2) is 47.1 Å². The number of nitrogens with one attached hydrogen (secondary N) is 1. The number of aliphatic hydroxyl groups excluding tert-OH is 1. The predicted octanol–water partition coefficient (Wildman–Crippen LogP) is 1.05. The minimum atomic E-state index is -0.305. The van der Waals surface area contributed by atoms with E-state index in [1.807, 2.05) is 6.92 Å². The number of rotatable bonds is 5. The zero-order valence-electron chi connectivity index (χ0n) is 12.3. The van der Waals surface area contributed by atoms with Gasteiger partial charge in [-0.3, -0.25) is 9.59 Å². The molecule has 5 heteroatoms. The average molecular weight is 282 g/mol. The standard InChI is InChI=1S/C15H26N2O3/c1-2-13(17-9-3-4-14(17)19)15(20)16-12-7-5-11(10-18)6-8-12/h11-13,18H,2-10H2,1H3,(H,16,20). The highest BCUT2D eigenvalue weighted by molar-refractivity contribution is 5.88. The van der Waals surface area contributed by atoms with Crippen LogP contribution in [0.4, 0.5) is 0 Å². The first-order valence-electron chi connectivity index (χ1n) is 7.86. The lowest BCUT2D eigenvalue weighted by molar-refractivity contribution is -0.138. The van der Waals surface area contributed by atoms with Crippen molar-refractivity contribution >= 4 is 11.8 Å². The normalized spacial score (nSPS) is 28.5. The number of hydrogen-bond acceptors (Lipinski definition) is 3. The van der Waals surface area contributed by atoms with Crippen LogP contribution in [0.2, 0.25) is 0 Å². The lowest BCUT2D eigenvalue weighted by Crippen LogP contribution is -2.50. The van der Waals surface area contributed by atoms with Crippen LogP contribution in [0, 0.1) is 5.92 Å². The van der Waals surface area contributed by atoms with Gasteiger partial charge in [-0.05, 0) is 44.4 Å². The highest BCUT2D eigenvalue weighted by Crippen LogP contribution is 2.24. The fourth-order valence-corrected chi connectivity index (χ4v) is 3.33. The van der Waals surface area contributed by atoms with E-state index in [1.54, 1.807) is 4.90 Å². The van der Waals surface area contributed by atoms with Crippen LogP contribution in [0.25, 0.3) is 0 Å². The first kappa shape index (κ1) is 15.3. The van der Waals surface area contributed by atoms with Crippen LogP contribution < -0.4 is 5.32 Å². The maximum Gasteiger partial charge on any atom is 0.243 e. The van der Waals surface area contributed by atoms with Gasteiger partial charge < -0.3 is 15.3 Å². The fraction of sp³-hybridized carbons (Fsp3) is 0.867. The Morgan fingerprint density at radius 3 is 2.60 bits per heavy atom. The second kappa shape index (κ2) is 7.07. The molecule has 1 saturated heterocycles. The Labute approximate surface area is 120 Å². The molecule has 0 aromatic heterocycles. The third kappa shape index (κ3) is 3.51. The summed E-state index contributed by atoms with van der Waals surface area (Å²) in [6, 6.07) is -0.0994. The fourth-order valence-electron chi connectivity index (χ4n) is 3.33. The van der Waals surface area contributed by atoms with E-state index in [-0.39, 0.29) is 30.5 Å². The molecule has 0 aromatic rings. The SMILES string of the molecule is CCC(C(=O)NC1CCC(CO)CC1)N1CCCC1=O. The van der Waals surface area contributed by atoms with Gasteiger partial charge in [0.05, 0.1) is 0 Å². The van der Waals surface area contributed by atoms with E-state index in [9.17, 15) is 9.59 Å². The molecule has 0 radical (unpaired) electrons. The Balaban J connectivity index is 1.85. The van der Waals surface area contributed by atoms with E-state index in [0.717, 1.165) is 32.1 Å². The molecule has 2 amide bonds. The number of hydrogen-bond donors (Lipinski definition) is 2. The van der Waals surface area contributed by atoms with E-state index < -0.39 is 0 Å². The number of carbonyl (C=O) groups is 2. The van der Waals surface area contributed by atoms with E-state index in [4.69, 9.17) is 5.11 Å². The summed E-state index contributed by atoms with van der Waals surface area (Å²) >= 11 is 0. The number of carbonyl (C=O) groups excluding carboxylic acids is 2. The lowest BCUT2D eigenvalue weighted by Gasteiger charge is -2.31. The van der Waals surface area contributed by atoms with Crippen LogP contribution in [0.1, 0.15) is 51.9 Å². The minimum absolute atomic E-state index is 0.00445. The molecule has 1 atom stereocenters. The first-order chi connectivity index (χ1) is 9.65. The number of aliphatic hydroxyl groups is 1. The Hall–Kier alpha value is -1.10. The third-order valence-electron chi connectivity index (χ3n) is 4.63. The van der Waals surface area contributed by atoms with E-state index in [2.05, 4.69) is 5.32 Å². The van der Waals surface area contributed by atoms with E-state index in [0.29, 0.717) is 25.3 Å². The quantitative estimate of drug-likeness (QED) is 0.792. The van der Waals surface area contributed by atoms with Gasteiger partial charge in [0.25, 0.3) is 0 Å². The molecule has 20 heavy (non-hydrogen) atoms. The molecule has 2 N–H and O–H groups in total. The largest absolute Gasteiger partial charge is 0.396 e. The second-order valence-electron chi connectivity index (χ2n) is 6.02. The molecular weight excluding hydrogens is 256 g/mol. The molecule has 0 spiro atoms. The second-order valence-corrected chi connectivity index (χ2v) is 6.02. The molecule has 2 fully saturated rings. The van der Waals surface area contributed by atoms with Gasteiger partial charge in [-0.1, -0.05) is 6.92 Å². The Morgan fingerprint density at radius 1 is 1.40 bits per heavy atom. The summed E-state index contributed by atoms with van der Waals surface area (Å²) in [6.07, 6.45) is 5.92. The zero-order chi connectivity index (χ0) is 14.5. The zero-order valence-corrected chi connectivity index (χ0v) is 12.3. The summed E-state index contributed by atoms with van der Waals surface area (Å²) in [5.41, 5.74) is 0. The number of likely N-dealkylation sites (tertiary alicyclic amines) is 1. The van der Waals surface area contributed by atoms with Crippen LogP contribution in [-0.2, 0) is 9.59 Å².